The zero-order valence-electron chi connectivity index (χ0n) is 10.4. The summed E-state index contributed by atoms with van der Waals surface area (Å²) in [7, 11) is 1.68. The molecule has 1 fully saturated rings. The van der Waals surface area contributed by atoms with Gasteiger partial charge >= 0.3 is 0 Å². The Hall–Kier alpha value is -0.290. The number of methoxy groups -OCH3 is 1. The maximum Gasteiger partial charge on any atom is 0.123 e. The lowest BCUT2D eigenvalue weighted by atomic mass is 9.87. The van der Waals surface area contributed by atoms with E-state index in [1.165, 1.54) is 0 Å². The number of rotatable bonds is 3. The van der Waals surface area contributed by atoms with Crippen molar-refractivity contribution in [3.63, 3.8) is 0 Å². The first-order valence-corrected chi connectivity index (χ1v) is 6.68. The molecule has 1 atom stereocenters. The topological polar surface area (TPSA) is 44.5 Å². The van der Waals surface area contributed by atoms with Crippen LogP contribution in [0.3, 0.4) is 0 Å². The smallest absolute Gasteiger partial charge is 0.123 e. The van der Waals surface area contributed by atoms with Crippen molar-refractivity contribution in [2.45, 2.75) is 18.9 Å². The third-order valence-electron chi connectivity index (χ3n) is 3.32. The van der Waals surface area contributed by atoms with E-state index < -0.39 is 0 Å². The van der Waals surface area contributed by atoms with Crippen molar-refractivity contribution in [1.29, 1.82) is 0 Å². The highest BCUT2D eigenvalue weighted by molar-refractivity contribution is 9.10. The molecule has 102 valence electrons. The van der Waals surface area contributed by atoms with E-state index in [4.69, 9.17) is 15.2 Å². The van der Waals surface area contributed by atoms with Crippen LogP contribution in [-0.4, -0.2) is 20.3 Å². The fourth-order valence-electron chi connectivity index (χ4n) is 2.29. The van der Waals surface area contributed by atoms with Gasteiger partial charge in [0, 0.05) is 29.3 Å². The highest BCUT2D eigenvalue weighted by atomic mass is 79.9. The van der Waals surface area contributed by atoms with Gasteiger partial charge in [0.15, 0.2) is 0 Å². The summed E-state index contributed by atoms with van der Waals surface area (Å²) >= 11 is 3.48. The van der Waals surface area contributed by atoms with Crippen molar-refractivity contribution < 1.29 is 9.47 Å². The second-order valence-corrected chi connectivity index (χ2v) is 5.28. The van der Waals surface area contributed by atoms with E-state index in [-0.39, 0.29) is 18.4 Å². The zero-order chi connectivity index (χ0) is 12.3. The molecule has 1 saturated heterocycles. The summed E-state index contributed by atoms with van der Waals surface area (Å²) in [5, 5.41) is 0. The molecular weight excluding hydrogens is 318 g/mol. The Kier molecular flexibility index (Phi) is 6.43. The first kappa shape index (κ1) is 15.8. The highest BCUT2D eigenvalue weighted by Gasteiger charge is 2.24. The third-order valence-corrected chi connectivity index (χ3v) is 3.82. The summed E-state index contributed by atoms with van der Waals surface area (Å²) < 4.78 is 11.8. The molecule has 0 unspecified atom stereocenters. The van der Waals surface area contributed by atoms with Crippen LogP contribution in [0, 0.1) is 5.92 Å². The van der Waals surface area contributed by atoms with Crippen molar-refractivity contribution in [2.24, 2.45) is 11.7 Å². The Balaban J connectivity index is 0.00000162. The van der Waals surface area contributed by atoms with Crippen LogP contribution in [0.25, 0.3) is 0 Å². The van der Waals surface area contributed by atoms with Crippen molar-refractivity contribution >= 4 is 28.3 Å². The van der Waals surface area contributed by atoms with Crippen molar-refractivity contribution in [3.8, 4) is 5.75 Å². The lowest BCUT2D eigenvalue weighted by Gasteiger charge is -2.28. The molecule has 1 aromatic rings. The Morgan fingerprint density at radius 1 is 1.39 bits per heavy atom. The van der Waals surface area contributed by atoms with Crippen LogP contribution in [0.2, 0.25) is 0 Å². The molecule has 1 heterocycles. The maximum absolute atomic E-state index is 6.36. The van der Waals surface area contributed by atoms with Gasteiger partial charge in [0.1, 0.15) is 5.75 Å². The number of halogens is 2. The predicted octanol–water partition coefficient (Wildman–Crippen LogP) is 3.31. The summed E-state index contributed by atoms with van der Waals surface area (Å²) in [6, 6.07) is 6.00. The van der Waals surface area contributed by atoms with E-state index >= 15 is 0 Å². The van der Waals surface area contributed by atoms with E-state index in [0.29, 0.717) is 5.92 Å². The number of ether oxygens (including phenoxy) is 2. The van der Waals surface area contributed by atoms with Crippen molar-refractivity contribution in [2.75, 3.05) is 20.3 Å². The van der Waals surface area contributed by atoms with Crippen molar-refractivity contribution in [3.05, 3.63) is 28.2 Å². The molecule has 0 saturated carbocycles. The fraction of sp³-hybridized carbons (Fsp3) is 0.538. The molecule has 5 heteroatoms. The molecule has 1 aliphatic heterocycles. The van der Waals surface area contributed by atoms with Gasteiger partial charge in [-0.05, 0) is 37.0 Å². The SMILES string of the molecule is COc1ccc(Br)cc1[C@H](N)C1CCOCC1.Cl. The molecule has 3 nitrogen and oxygen atoms in total. The summed E-state index contributed by atoms with van der Waals surface area (Å²) in [6.07, 6.45) is 2.05. The molecule has 0 amide bonds. The number of benzene rings is 1. The normalized spacial score (nSPS) is 17.9. The summed E-state index contributed by atoms with van der Waals surface area (Å²) in [5.74, 6) is 1.35. The van der Waals surface area contributed by atoms with Crippen LogP contribution in [0.15, 0.2) is 22.7 Å². The van der Waals surface area contributed by atoms with Gasteiger partial charge in [0.25, 0.3) is 0 Å². The molecule has 0 aliphatic carbocycles. The second kappa shape index (κ2) is 7.34. The Bertz CT molecular complexity index is 383. The first-order chi connectivity index (χ1) is 8.22. The van der Waals surface area contributed by atoms with Gasteiger partial charge in [-0.3, -0.25) is 0 Å². The van der Waals surface area contributed by atoms with E-state index in [0.717, 1.165) is 41.8 Å². The Labute approximate surface area is 123 Å². The Morgan fingerprint density at radius 2 is 2.06 bits per heavy atom. The van der Waals surface area contributed by atoms with Crippen LogP contribution in [0.1, 0.15) is 24.4 Å². The maximum atomic E-state index is 6.36. The minimum Gasteiger partial charge on any atom is -0.496 e. The van der Waals surface area contributed by atoms with Crippen LogP contribution in [0.4, 0.5) is 0 Å². The van der Waals surface area contributed by atoms with Gasteiger partial charge in [-0.15, -0.1) is 12.4 Å². The van der Waals surface area contributed by atoms with Gasteiger partial charge in [-0.25, -0.2) is 0 Å². The lowest BCUT2D eigenvalue weighted by Crippen LogP contribution is -2.27. The van der Waals surface area contributed by atoms with Crippen molar-refractivity contribution in [1.82, 2.24) is 0 Å². The number of hydrogen-bond acceptors (Lipinski definition) is 3. The van der Waals surface area contributed by atoms with Gasteiger partial charge in [0.05, 0.1) is 7.11 Å². The quantitative estimate of drug-likeness (QED) is 0.921. The Morgan fingerprint density at radius 3 is 2.67 bits per heavy atom. The molecule has 1 aliphatic rings. The van der Waals surface area contributed by atoms with Gasteiger partial charge in [-0.1, -0.05) is 15.9 Å². The van der Waals surface area contributed by atoms with Gasteiger partial charge in [0.2, 0.25) is 0 Å². The average Bonchev–Trinajstić information content (AvgIpc) is 2.39. The predicted molar refractivity (Wildman–Crippen MR) is 78.4 cm³/mol. The van der Waals surface area contributed by atoms with Crippen LogP contribution in [-0.2, 0) is 4.74 Å². The lowest BCUT2D eigenvalue weighted by molar-refractivity contribution is 0.0581. The summed E-state index contributed by atoms with van der Waals surface area (Å²) in [5.41, 5.74) is 7.44. The average molecular weight is 337 g/mol. The fourth-order valence-corrected chi connectivity index (χ4v) is 2.67. The zero-order valence-corrected chi connectivity index (χ0v) is 12.8. The largest absolute Gasteiger partial charge is 0.496 e. The third kappa shape index (κ3) is 3.60. The minimum absolute atomic E-state index is 0. The van der Waals surface area contributed by atoms with Crippen LogP contribution < -0.4 is 10.5 Å². The molecule has 0 bridgehead atoms. The van der Waals surface area contributed by atoms with Crippen LogP contribution >= 0.6 is 28.3 Å². The van der Waals surface area contributed by atoms with Gasteiger partial charge in [-0.2, -0.15) is 0 Å². The molecule has 0 aromatic heterocycles. The standard InChI is InChI=1S/C13H18BrNO2.ClH/c1-16-12-3-2-10(14)8-11(12)13(15)9-4-6-17-7-5-9;/h2-3,8-9,13H,4-7,15H2,1H3;1H/t13-;/m1./s1. The highest BCUT2D eigenvalue weighted by Crippen LogP contribution is 2.34. The van der Waals surface area contributed by atoms with E-state index in [1.54, 1.807) is 7.11 Å². The second-order valence-electron chi connectivity index (χ2n) is 4.36. The minimum atomic E-state index is 0. The number of hydrogen-bond donors (Lipinski definition) is 1. The van der Waals surface area contributed by atoms with Crippen LogP contribution in [0.5, 0.6) is 5.75 Å². The molecule has 1 aromatic carbocycles. The molecule has 0 spiro atoms. The molecule has 2 N–H and O–H groups in total. The summed E-state index contributed by atoms with van der Waals surface area (Å²) in [6.45, 7) is 1.63. The van der Waals surface area contributed by atoms with Gasteiger partial charge < -0.3 is 15.2 Å². The van der Waals surface area contributed by atoms with E-state index in [1.807, 2.05) is 12.1 Å². The van der Waals surface area contributed by atoms with E-state index in [2.05, 4.69) is 22.0 Å². The molecule has 2 rings (SSSR count). The molecule has 0 radical (unpaired) electrons. The molecule has 18 heavy (non-hydrogen) atoms. The summed E-state index contributed by atoms with van der Waals surface area (Å²) in [4.78, 5) is 0. The van der Waals surface area contributed by atoms with E-state index in [9.17, 15) is 0 Å². The first-order valence-electron chi connectivity index (χ1n) is 5.89. The monoisotopic (exact) mass is 335 g/mol. The molecular formula is C13H19BrClNO2. The number of nitrogens with two attached hydrogens (primary N) is 1.